The van der Waals surface area contributed by atoms with Gasteiger partial charge >= 0.3 is 0 Å². The summed E-state index contributed by atoms with van der Waals surface area (Å²) in [4.78, 5) is 8.26. The van der Waals surface area contributed by atoms with Gasteiger partial charge in [-0.1, -0.05) is 0 Å². The first-order chi connectivity index (χ1) is 7.79. The predicted octanol–water partition coefficient (Wildman–Crippen LogP) is 0.0377. The molecular formula is C9H15N5OS. The number of ether oxygens (including phenoxy) is 1. The molecule has 1 fully saturated rings. The third kappa shape index (κ3) is 2.75. The van der Waals surface area contributed by atoms with Crippen LogP contribution >= 0.6 is 12.2 Å². The van der Waals surface area contributed by atoms with Gasteiger partial charge in [-0.2, -0.15) is 4.98 Å². The summed E-state index contributed by atoms with van der Waals surface area (Å²) < 4.78 is 7.94. The van der Waals surface area contributed by atoms with Gasteiger partial charge in [0, 0.05) is 20.1 Å². The van der Waals surface area contributed by atoms with Crippen molar-refractivity contribution in [3.63, 3.8) is 0 Å². The van der Waals surface area contributed by atoms with Gasteiger partial charge in [-0.15, -0.1) is 0 Å². The van der Waals surface area contributed by atoms with Crippen LogP contribution in [-0.4, -0.2) is 47.4 Å². The Morgan fingerprint density at radius 2 is 2.62 bits per heavy atom. The maximum absolute atomic E-state index is 5.59. The molecule has 0 bridgehead atoms. The van der Waals surface area contributed by atoms with Gasteiger partial charge in [-0.25, -0.2) is 4.98 Å². The summed E-state index contributed by atoms with van der Waals surface area (Å²) in [5.41, 5.74) is 0. The Balaban J connectivity index is 2.06. The molecule has 16 heavy (non-hydrogen) atoms. The smallest absolute Gasteiger partial charge is 0.226 e. The molecule has 1 unspecified atom stereocenters. The molecule has 1 aromatic heterocycles. The van der Waals surface area contributed by atoms with Crippen molar-refractivity contribution >= 4 is 18.2 Å². The molecule has 0 aliphatic carbocycles. The summed E-state index contributed by atoms with van der Waals surface area (Å²) in [5.74, 6) is 0.545. The predicted molar refractivity (Wildman–Crippen MR) is 63.0 cm³/mol. The van der Waals surface area contributed by atoms with Gasteiger partial charge in [0.1, 0.15) is 6.33 Å². The van der Waals surface area contributed by atoms with E-state index in [0.717, 1.165) is 19.7 Å². The summed E-state index contributed by atoms with van der Waals surface area (Å²) in [6, 6.07) is 0. The fourth-order valence-corrected chi connectivity index (χ4v) is 1.77. The van der Waals surface area contributed by atoms with E-state index in [1.165, 1.54) is 0 Å². The molecule has 1 atom stereocenters. The molecule has 0 saturated carbocycles. The van der Waals surface area contributed by atoms with E-state index in [0.29, 0.717) is 17.3 Å². The monoisotopic (exact) mass is 241 g/mol. The van der Waals surface area contributed by atoms with Crippen LogP contribution in [-0.2, 0) is 11.3 Å². The largest absolute Gasteiger partial charge is 0.374 e. The molecule has 0 spiro atoms. The zero-order valence-corrected chi connectivity index (χ0v) is 9.96. The number of morpholine rings is 1. The molecule has 0 aromatic carbocycles. The van der Waals surface area contributed by atoms with Gasteiger partial charge < -0.3 is 19.9 Å². The van der Waals surface area contributed by atoms with Gasteiger partial charge in [-0.3, -0.25) is 0 Å². The third-order valence-corrected chi connectivity index (χ3v) is 2.72. The summed E-state index contributed by atoms with van der Waals surface area (Å²) in [5, 5.41) is 6.12. The lowest BCUT2D eigenvalue weighted by Gasteiger charge is -2.24. The minimum atomic E-state index is 0.143. The normalized spacial score (nSPS) is 20.7. The van der Waals surface area contributed by atoms with Crippen molar-refractivity contribution in [1.82, 2.24) is 19.9 Å². The second kappa shape index (κ2) is 5.33. The molecule has 2 N–H and O–H groups in total. The van der Waals surface area contributed by atoms with Gasteiger partial charge in [0.15, 0.2) is 0 Å². The molecule has 88 valence electrons. The first kappa shape index (κ1) is 11.4. The summed E-state index contributed by atoms with van der Waals surface area (Å²) >= 11 is 5.17. The van der Waals surface area contributed by atoms with E-state index in [1.54, 1.807) is 13.4 Å². The van der Waals surface area contributed by atoms with E-state index in [2.05, 4.69) is 20.6 Å². The van der Waals surface area contributed by atoms with E-state index in [4.69, 9.17) is 17.0 Å². The zero-order valence-electron chi connectivity index (χ0n) is 9.14. The number of anilines is 1. The number of hydrogen-bond donors (Lipinski definition) is 2. The zero-order chi connectivity index (χ0) is 11.4. The van der Waals surface area contributed by atoms with E-state index in [-0.39, 0.29) is 6.10 Å². The van der Waals surface area contributed by atoms with Crippen molar-refractivity contribution < 1.29 is 4.74 Å². The van der Waals surface area contributed by atoms with Crippen LogP contribution in [0.3, 0.4) is 0 Å². The first-order valence-corrected chi connectivity index (χ1v) is 5.64. The highest BCUT2D eigenvalue weighted by molar-refractivity contribution is 7.71. The number of nitrogens with zero attached hydrogens (tertiary/aromatic N) is 3. The van der Waals surface area contributed by atoms with E-state index >= 15 is 0 Å². The number of nitrogens with one attached hydrogen (secondary N) is 2. The molecule has 0 radical (unpaired) electrons. The lowest BCUT2D eigenvalue weighted by molar-refractivity contribution is 0.0175. The van der Waals surface area contributed by atoms with Crippen LogP contribution in [0.5, 0.6) is 0 Å². The van der Waals surface area contributed by atoms with Crippen LogP contribution in [0.25, 0.3) is 0 Å². The molecule has 1 aliphatic rings. The van der Waals surface area contributed by atoms with Crippen molar-refractivity contribution in [2.24, 2.45) is 0 Å². The molecule has 1 aliphatic heterocycles. The quantitative estimate of drug-likeness (QED) is 0.728. The SMILES string of the molecule is CNc1ncn(CC2CNCCO2)c(=S)n1. The Labute approximate surface area is 99.1 Å². The molecule has 6 nitrogen and oxygen atoms in total. The Bertz CT molecular complexity index is 401. The summed E-state index contributed by atoms with van der Waals surface area (Å²) in [7, 11) is 1.77. The molecule has 7 heteroatoms. The lowest BCUT2D eigenvalue weighted by atomic mass is 10.3. The second-order valence-corrected chi connectivity index (χ2v) is 3.93. The maximum atomic E-state index is 5.59. The molecular weight excluding hydrogens is 226 g/mol. The van der Waals surface area contributed by atoms with Crippen LogP contribution < -0.4 is 10.6 Å². The Hall–Kier alpha value is -1.05. The highest BCUT2D eigenvalue weighted by Crippen LogP contribution is 2.02. The minimum Gasteiger partial charge on any atom is -0.374 e. The molecule has 0 amide bonds. The molecule has 1 saturated heterocycles. The second-order valence-electron chi connectivity index (χ2n) is 3.56. The number of rotatable bonds is 3. The molecule has 2 rings (SSSR count). The van der Waals surface area contributed by atoms with Crippen molar-refractivity contribution in [1.29, 1.82) is 0 Å². The number of aromatic nitrogens is 3. The van der Waals surface area contributed by atoms with Gasteiger partial charge in [0.05, 0.1) is 19.3 Å². The molecule has 2 heterocycles. The standard InChI is InChI=1S/C9H15N5OS/c1-10-8-12-6-14(9(16)13-8)5-7-4-11-2-3-15-7/h6-7,11H,2-5H2,1H3,(H,10,13,16). The lowest BCUT2D eigenvalue weighted by Crippen LogP contribution is -2.40. The van der Waals surface area contributed by atoms with Crippen LogP contribution in [0.1, 0.15) is 0 Å². The topological polar surface area (TPSA) is 64.0 Å². The molecule has 1 aromatic rings. The van der Waals surface area contributed by atoms with Gasteiger partial charge in [0.25, 0.3) is 0 Å². The van der Waals surface area contributed by atoms with E-state index in [1.807, 2.05) is 4.57 Å². The van der Waals surface area contributed by atoms with Crippen LogP contribution in [0.2, 0.25) is 0 Å². The Morgan fingerprint density at radius 3 is 3.25 bits per heavy atom. The number of hydrogen-bond acceptors (Lipinski definition) is 6. The average Bonchev–Trinajstić information content (AvgIpc) is 2.33. The summed E-state index contributed by atoms with van der Waals surface area (Å²) in [6.45, 7) is 3.19. The van der Waals surface area contributed by atoms with E-state index < -0.39 is 0 Å². The highest BCUT2D eigenvalue weighted by Gasteiger charge is 2.14. The fraction of sp³-hybridized carbons (Fsp3) is 0.667. The van der Waals surface area contributed by atoms with Crippen LogP contribution in [0, 0.1) is 4.77 Å². The van der Waals surface area contributed by atoms with Crippen molar-refractivity contribution in [2.75, 3.05) is 32.1 Å². The Morgan fingerprint density at radius 1 is 1.75 bits per heavy atom. The maximum Gasteiger partial charge on any atom is 0.226 e. The van der Waals surface area contributed by atoms with Crippen LogP contribution in [0.4, 0.5) is 5.95 Å². The van der Waals surface area contributed by atoms with Gasteiger partial charge in [-0.05, 0) is 12.2 Å². The Kier molecular flexibility index (Phi) is 3.81. The first-order valence-electron chi connectivity index (χ1n) is 5.23. The van der Waals surface area contributed by atoms with Crippen LogP contribution in [0.15, 0.2) is 6.33 Å². The van der Waals surface area contributed by atoms with E-state index in [9.17, 15) is 0 Å². The fourth-order valence-electron chi connectivity index (χ4n) is 1.56. The average molecular weight is 241 g/mol. The highest BCUT2D eigenvalue weighted by atomic mass is 32.1. The van der Waals surface area contributed by atoms with Crippen molar-refractivity contribution in [3.05, 3.63) is 11.1 Å². The van der Waals surface area contributed by atoms with Crippen molar-refractivity contribution in [3.8, 4) is 0 Å². The summed E-state index contributed by atoms with van der Waals surface area (Å²) in [6.07, 6.45) is 1.84. The minimum absolute atomic E-state index is 0.143. The van der Waals surface area contributed by atoms with Gasteiger partial charge in [0.2, 0.25) is 10.7 Å². The third-order valence-electron chi connectivity index (χ3n) is 2.39. The van der Waals surface area contributed by atoms with Crippen molar-refractivity contribution in [2.45, 2.75) is 12.6 Å².